The first-order valence-corrected chi connectivity index (χ1v) is 9.23. The topological polar surface area (TPSA) is 34.1 Å². The molecule has 0 unspecified atom stereocenters. The van der Waals surface area contributed by atoms with Gasteiger partial charge in [-0.05, 0) is 79.6 Å². The van der Waals surface area contributed by atoms with Crippen LogP contribution < -0.4 is 0 Å². The van der Waals surface area contributed by atoms with Gasteiger partial charge in [0, 0.05) is 12.3 Å². The third-order valence-electron chi connectivity index (χ3n) is 7.88. The van der Waals surface area contributed by atoms with Crippen LogP contribution in [0.1, 0.15) is 58.8 Å². The fourth-order valence-corrected chi connectivity index (χ4v) is 6.85. The van der Waals surface area contributed by atoms with Gasteiger partial charge in [-0.3, -0.25) is 4.79 Å². The number of allylic oxidation sites excluding steroid dienone is 1. The Hall–Kier alpha value is -0.920. The highest BCUT2D eigenvalue weighted by molar-refractivity contribution is 5.91. The molecule has 7 atom stereocenters. The van der Waals surface area contributed by atoms with E-state index in [1.807, 2.05) is 6.08 Å². The molecule has 0 N–H and O–H groups in total. The summed E-state index contributed by atoms with van der Waals surface area (Å²) in [6.07, 6.45) is 11.0. The molecule has 3 saturated carbocycles. The molecule has 2 heteroatoms. The molecule has 0 spiro atoms. The Balaban J connectivity index is 1.67. The minimum atomic E-state index is 0.253. The SMILES string of the molecule is C[C@@H]1CC2=CC(=O)CC[C@@H]2[C@H]2CC[C@]3(C)[C@@H](C=O)CC[C@H]3[C@@H]21. The van der Waals surface area contributed by atoms with Gasteiger partial charge in [-0.15, -0.1) is 0 Å². The predicted octanol–water partition coefficient (Wildman–Crippen LogP) is 4.19. The number of aldehydes is 1. The third-order valence-corrected chi connectivity index (χ3v) is 7.88. The van der Waals surface area contributed by atoms with Crippen LogP contribution in [0.25, 0.3) is 0 Å². The smallest absolute Gasteiger partial charge is 0.155 e. The quantitative estimate of drug-likeness (QED) is 0.680. The van der Waals surface area contributed by atoms with E-state index >= 15 is 0 Å². The number of hydrogen-bond acceptors (Lipinski definition) is 2. The van der Waals surface area contributed by atoms with E-state index in [4.69, 9.17) is 0 Å². The monoisotopic (exact) mass is 300 g/mol. The van der Waals surface area contributed by atoms with Crippen LogP contribution in [-0.4, -0.2) is 12.1 Å². The first kappa shape index (κ1) is 14.7. The van der Waals surface area contributed by atoms with Gasteiger partial charge in [0.05, 0.1) is 0 Å². The number of ketones is 1. The van der Waals surface area contributed by atoms with Gasteiger partial charge >= 0.3 is 0 Å². The summed E-state index contributed by atoms with van der Waals surface area (Å²) in [6.45, 7) is 4.79. The van der Waals surface area contributed by atoms with Gasteiger partial charge in [-0.2, -0.15) is 0 Å². The standard InChI is InChI=1S/C20H28O2/c1-12-9-13-10-15(22)4-5-16(13)17-7-8-20(2)14(11-21)3-6-18(20)19(12)17/h10-12,14,16-19H,3-9H2,1-2H3/t12-,14-,16+,17-,18+,19-,20-/m1/s1. The van der Waals surface area contributed by atoms with E-state index in [1.165, 1.54) is 31.1 Å². The van der Waals surface area contributed by atoms with Crippen LogP contribution in [0.4, 0.5) is 0 Å². The molecule has 0 amide bonds. The number of fused-ring (bicyclic) bond motifs is 5. The Bertz CT molecular complexity index is 534. The van der Waals surface area contributed by atoms with Gasteiger partial charge in [0.2, 0.25) is 0 Å². The zero-order valence-electron chi connectivity index (χ0n) is 13.9. The van der Waals surface area contributed by atoms with E-state index in [0.717, 1.165) is 43.4 Å². The van der Waals surface area contributed by atoms with Crippen LogP contribution in [0.3, 0.4) is 0 Å². The van der Waals surface area contributed by atoms with E-state index in [1.54, 1.807) is 0 Å². The fourth-order valence-electron chi connectivity index (χ4n) is 6.85. The zero-order valence-corrected chi connectivity index (χ0v) is 13.9. The molecule has 0 radical (unpaired) electrons. The number of carbonyl (C=O) groups is 2. The minimum absolute atomic E-state index is 0.253. The Morgan fingerprint density at radius 3 is 2.82 bits per heavy atom. The summed E-state index contributed by atoms with van der Waals surface area (Å²) < 4.78 is 0. The van der Waals surface area contributed by atoms with Gasteiger partial charge in [0.1, 0.15) is 6.29 Å². The number of hydrogen-bond donors (Lipinski definition) is 0. The van der Waals surface area contributed by atoms with Crippen molar-refractivity contribution >= 4 is 12.1 Å². The second kappa shape index (κ2) is 5.04. The summed E-state index contributed by atoms with van der Waals surface area (Å²) in [4.78, 5) is 23.3. The van der Waals surface area contributed by atoms with Gasteiger partial charge < -0.3 is 4.79 Å². The van der Waals surface area contributed by atoms with Crippen LogP contribution in [0.5, 0.6) is 0 Å². The molecular formula is C20H28O2. The predicted molar refractivity (Wildman–Crippen MR) is 86.2 cm³/mol. The van der Waals surface area contributed by atoms with Gasteiger partial charge in [-0.25, -0.2) is 0 Å². The first-order valence-electron chi connectivity index (χ1n) is 9.23. The zero-order chi connectivity index (χ0) is 15.5. The molecule has 0 bridgehead atoms. The molecule has 0 aromatic heterocycles. The average molecular weight is 300 g/mol. The van der Waals surface area contributed by atoms with Crippen molar-refractivity contribution in [1.29, 1.82) is 0 Å². The summed E-state index contributed by atoms with van der Waals surface area (Å²) in [7, 11) is 0. The molecule has 22 heavy (non-hydrogen) atoms. The number of rotatable bonds is 1. The van der Waals surface area contributed by atoms with Crippen molar-refractivity contribution in [2.75, 3.05) is 0 Å². The summed E-state index contributed by atoms with van der Waals surface area (Å²) in [5, 5.41) is 0. The highest BCUT2D eigenvalue weighted by atomic mass is 16.1. The Morgan fingerprint density at radius 2 is 2.05 bits per heavy atom. The average Bonchev–Trinajstić information content (AvgIpc) is 2.83. The summed E-state index contributed by atoms with van der Waals surface area (Å²) in [5.74, 6) is 4.25. The lowest BCUT2D eigenvalue weighted by molar-refractivity contribution is -0.119. The van der Waals surface area contributed by atoms with Crippen LogP contribution in [-0.2, 0) is 9.59 Å². The summed E-state index contributed by atoms with van der Waals surface area (Å²) >= 11 is 0. The second-order valence-electron chi connectivity index (χ2n) is 8.72. The van der Waals surface area contributed by atoms with E-state index in [9.17, 15) is 9.59 Å². The van der Waals surface area contributed by atoms with E-state index in [0.29, 0.717) is 17.6 Å². The van der Waals surface area contributed by atoms with Crippen molar-refractivity contribution in [3.05, 3.63) is 11.6 Å². The highest BCUT2D eigenvalue weighted by Gasteiger charge is 2.57. The summed E-state index contributed by atoms with van der Waals surface area (Å²) in [6, 6.07) is 0. The summed E-state index contributed by atoms with van der Waals surface area (Å²) in [5.41, 5.74) is 1.71. The van der Waals surface area contributed by atoms with Crippen LogP contribution in [0, 0.1) is 40.9 Å². The van der Waals surface area contributed by atoms with Crippen LogP contribution in [0.15, 0.2) is 11.6 Å². The first-order chi connectivity index (χ1) is 10.5. The molecule has 0 aromatic carbocycles. The van der Waals surface area contributed by atoms with Crippen molar-refractivity contribution in [2.24, 2.45) is 40.9 Å². The maximum atomic E-state index is 11.8. The van der Waals surface area contributed by atoms with Crippen molar-refractivity contribution < 1.29 is 9.59 Å². The van der Waals surface area contributed by atoms with Gasteiger partial charge in [-0.1, -0.05) is 19.4 Å². The molecule has 2 nitrogen and oxygen atoms in total. The van der Waals surface area contributed by atoms with Crippen molar-refractivity contribution in [2.45, 2.75) is 58.8 Å². The molecule has 0 aromatic rings. The normalized spacial score (nSPS) is 50.6. The van der Waals surface area contributed by atoms with E-state index in [2.05, 4.69) is 13.8 Å². The van der Waals surface area contributed by atoms with Crippen molar-refractivity contribution in [3.63, 3.8) is 0 Å². The van der Waals surface area contributed by atoms with E-state index < -0.39 is 0 Å². The Labute approximate surface area is 133 Å². The molecule has 0 heterocycles. The van der Waals surface area contributed by atoms with E-state index in [-0.39, 0.29) is 11.3 Å². The largest absolute Gasteiger partial charge is 0.303 e. The molecule has 3 fully saturated rings. The van der Waals surface area contributed by atoms with Crippen molar-refractivity contribution in [1.82, 2.24) is 0 Å². The molecule has 4 rings (SSSR count). The molecule has 0 saturated heterocycles. The lowest BCUT2D eigenvalue weighted by Crippen LogP contribution is -2.49. The maximum Gasteiger partial charge on any atom is 0.155 e. The molecule has 120 valence electrons. The van der Waals surface area contributed by atoms with Gasteiger partial charge in [0.25, 0.3) is 0 Å². The fraction of sp³-hybridized carbons (Fsp3) is 0.800. The van der Waals surface area contributed by atoms with Crippen LogP contribution >= 0.6 is 0 Å². The lowest BCUT2D eigenvalue weighted by atomic mass is 9.49. The van der Waals surface area contributed by atoms with Crippen molar-refractivity contribution in [3.8, 4) is 0 Å². The molecule has 0 aliphatic heterocycles. The van der Waals surface area contributed by atoms with Gasteiger partial charge in [0.15, 0.2) is 5.78 Å². The molecular weight excluding hydrogens is 272 g/mol. The maximum absolute atomic E-state index is 11.8. The Morgan fingerprint density at radius 1 is 1.23 bits per heavy atom. The second-order valence-corrected chi connectivity index (χ2v) is 8.72. The lowest BCUT2D eigenvalue weighted by Gasteiger charge is -2.55. The molecule has 4 aliphatic rings. The third kappa shape index (κ3) is 1.91. The highest BCUT2D eigenvalue weighted by Crippen LogP contribution is 2.64. The number of carbonyl (C=O) groups excluding carboxylic acids is 2. The minimum Gasteiger partial charge on any atom is -0.303 e. The Kier molecular flexibility index (Phi) is 3.36. The molecule has 4 aliphatic carbocycles. The van der Waals surface area contributed by atoms with Crippen LogP contribution in [0.2, 0.25) is 0 Å².